The standard InChI is InChI=1S/C33H40N4O7/c1-6-33(42)24-15-26-28-19(16-37(26)29(39)23(24)18-43-30(33)40)14-21-22(27(38)9-8-25(21)34-28)17-35(7-2)20-10-12-36(13-11-20)31(41)44-32(3,4)5/h8-9,14-15,20,38,42H,6-7,10-13,16-18H2,1-5H3. The van der Waals surface area contributed by atoms with Crippen molar-refractivity contribution in [3.8, 4) is 17.1 Å². The Morgan fingerprint density at radius 2 is 1.91 bits per heavy atom. The van der Waals surface area contributed by atoms with Crippen molar-refractivity contribution in [2.45, 2.75) is 90.8 Å². The van der Waals surface area contributed by atoms with Crippen LogP contribution in [0.3, 0.4) is 0 Å². The molecule has 0 saturated carbocycles. The number of rotatable bonds is 5. The van der Waals surface area contributed by atoms with E-state index in [-0.39, 0.29) is 54.1 Å². The van der Waals surface area contributed by atoms with E-state index < -0.39 is 17.2 Å². The maximum absolute atomic E-state index is 13.5. The van der Waals surface area contributed by atoms with E-state index in [9.17, 15) is 24.6 Å². The number of aromatic hydroxyl groups is 1. The monoisotopic (exact) mass is 604 g/mol. The van der Waals surface area contributed by atoms with Gasteiger partial charge in [0.05, 0.1) is 29.0 Å². The highest BCUT2D eigenvalue weighted by Crippen LogP contribution is 2.40. The number of cyclic esters (lactones) is 1. The predicted molar refractivity (Wildman–Crippen MR) is 163 cm³/mol. The number of hydrogen-bond acceptors (Lipinski definition) is 9. The van der Waals surface area contributed by atoms with Crippen molar-refractivity contribution in [3.63, 3.8) is 0 Å². The molecule has 0 aliphatic carbocycles. The zero-order valence-corrected chi connectivity index (χ0v) is 26.0. The molecule has 234 valence electrons. The molecule has 5 heterocycles. The SMILES string of the molecule is CCN(Cc1c(O)ccc2nc3c(cc12)Cn1c-3cc2c(c1=O)COC(=O)C2(O)CC)C1CCN(C(=O)OC(C)(C)C)CC1. The Morgan fingerprint density at radius 3 is 2.57 bits per heavy atom. The second-order valence-corrected chi connectivity index (χ2v) is 13.0. The third-order valence-electron chi connectivity index (χ3n) is 9.18. The number of fused-ring (bicyclic) bond motifs is 5. The van der Waals surface area contributed by atoms with Crippen molar-refractivity contribution in [3.05, 3.63) is 56.9 Å². The first kappa shape index (κ1) is 30.1. The van der Waals surface area contributed by atoms with E-state index >= 15 is 0 Å². The van der Waals surface area contributed by atoms with Crippen LogP contribution < -0.4 is 5.56 Å². The molecule has 1 fully saturated rings. The molecule has 2 aromatic heterocycles. The zero-order valence-electron chi connectivity index (χ0n) is 26.0. The summed E-state index contributed by atoms with van der Waals surface area (Å²) in [6, 6.07) is 7.34. The first-order chi connectivity index (χ1) is 20.8. The van der Waals surface area contributed by atoms with Crippen molar-refractivity contribution < 1.29 is 29.3 Å². The number of aliphatic hydroxyl groups is 1. The number of likely N-dealkylation sites (tertiary alicyclic amines) is 1. The fourth-order valence-corrected chi connectivity index (χ4v) is 6.71. The first-order valence-electron chi connectivity index (χ1n) is 15.4. The van der Waals surface area contributed by atoms with Crippen LogP contribution in [0.5, 0.6) is 5.75 Å². The van der Waals surface area contributed by atoms with Crippen molar-refractivity contribution in [2.24, 2.45) is 0 Å². The molecule has 3 aromatic rings. The van der Waals surface area contributed by atoms with Gasteiger partial charge in [0, 0.05) is 47.8 Å². The molecule has 6 rings (SSSR count). The normalized spacial score (nSPS) is 20.0. The summed E-state index contributed by atoms with van der Waals surface area (Å²) in [5.41, 5.74) is 1.27. The van der Waals surface area contributed by atoms with Gasteiger partial charge in [0.25, 0.3) is 5.56 Å². The first-order valence-corrected chi connectivity index (χ1v) is 15.4. The van der Waals surface area contributed by atoms with Crippen LogP contribution in [-0.2, 0) is 39.6 Å². The predicted octanol–water partition coefficient (Wildman–Crippen LogP) is 4.01. The Bertz CT molecular complexity index is 1720. The van der Waals surface area contributed by atoms with Crippen molar-refractivity contribution in [2.75, 3.05) is 19.6 Å². The van der Waals surface area contributed by atoms with Gasteiger partial charge in [-0.2, -0.15) is 0 Å². The summed E-state index contributed by atoms with van der Waals surface area (Å²) in [5, 5.41) is 23.0. The minimum atomic E-state index is -1.88. The quantitative estimate of drug-likeness (QED) is 0.324. The lowest BCUT2D eigenvalue weighted by Gasteiger charge is -2.38. The second-order valence-electron chi connectivity index (χ2n) is 13.0. The number of aromatic nitrogens is 2. The van der Waals surface area contributed by atoms with Gasteiger partial charge < -0.3 is 29.2 Å². The summed E-state index contributed by atoms with van der Waals surface area (Å²) in [5.74, 6) is -0.576. The van der Waals surface area contributed by atoms with Crippen LogP contribution in [0.15, 0.2) is 29.1 Å². The molecule has 1 saturated heterocycles. The van der Waals surface area contributed by atoms with Gasteiger partial charge in [0.2, 0.25) is 0 Å². The van der Waals surface area contributed by atoms with Crippen molar-refractivity contribution >= 4 is 23.0 Å². The van der Waals surface area contributed by atoms with Gasteiger partial charge in [-0.3, -0.25) is 9.69 Å². The van der Waals surface area contributed by atoms with Crippen molar-refractivity contribution in [1.82, 2.24) is 19.4 Å². The number of carbonyl (C=O) groups is 2. The Balaban J connectivity index is 1.30. The Kier molecular flexibility index (Phi) is 7.44. The van der Waals surface area contributed by atoms with Gasteiger partial charge in [-0.15, -0.1) is 0 Å². The number of piperidine rings is 1. The molecule has 11 nitrogen and oxygen atoms in total. The molecule has 0 bridgehead atoms. The fraction of sp³-hybridized carbons (Fsp3) is 0.515. The molecule has 44 heavy (non-hydrogen) atoms. The molecule has 1 amide bonds. The Hall–Kier alpha value is -3.96. The molecule has 0 spiro atoms. The summed E-state index contributed by atoms with van der Waals surface area (Å²) in [6.45, 7) is 12.0. The number of esters is 1. The van der Waals surface area contributed by atoms with Crippen LogP contribution in [0.25, 0.3) is 22.3 Å². The average Bonchev–Trinajstić information content (AvgIpc) is 3.35. The number of benzene rings is 1. The van der Waals surface area contributed by atoms with E-state index in [0.717, 1.165) is 35.9 Å². The van der Waals surface area contributed by atoms with Gasteiger partial charge in [-0.25, -0.2) is 14.6 Å². The molecule has 3 aliphatic heterocycles. The summed E-state index contributed by atoms with van der Waals surface area (Å²) in [7, 11) is 0. The molecular formula is C33H40N4O7. The highest BCUT2D eigenvalue weighted by Gasteiger charge is 2.45. The largest absolute Gasteiger partial charge is 0.508 e. The van der Waals surface area contributed by atoms with E-state index in [0.29, 0.717) is 36.5 Å². The Labute approximate surface area is 256 Å². The maximum Gasteiger partial charge on any atom is 0.410 e. The molecule has 1 unspecified atom stereocenters. The van der Waals surface area contributed by atoms with E-state index in [1.165, 1.54) is 0 Å². The molecule has 2 N–H and O–H groups in total. The molecular weight excluding hydrogens is 564 g/mol. The highest BCUT2D eigenvalue weighted by molar-refractivity contribution is 5.89. The van der Waals surface area contributed by atoms with Crippen LogP contribution in [-0.4, -0.2) is 72.9 Å². The molecule has 1 atom stereocenters. The summed E-state index contributed by atoms with van der Waals surface area (Å²) >= 11 is 0. The lowest BCUT2D eigenvalue weighted by atomic mass is 9.86. The summed E-state index contributed by atoms with van der Waals surface area (Å²) in [6.07, 6.45) is 1.39. The van der Waals surface area contributed by atoms with Crippen LogP contribution >= 0.6 is 0 Å². The number of amides is 1. The fourth-order valence-electron chi connectivity index (χ4n) is 6.71. The highest BCUT2D eigenvalue weighted by atomic mass is 16.6. The number of nitrogens with zero attached hydrogens (tertiary/aromatic N) is 4. The topological polar surface area (TPSA) is 134 Å². The van der Waals surface area contributed by atoms with Gasteiger partial charge in [-0.1, -0.05) is 13.8 Å². The van der Waals surface area contributed by atoms with E-state index in [2.05, 4.69) is 11.8 Å². The lowest BCUT2D eigenvalue weighted by Crippen LogP contribution is -2.47. The van der Waals surface area contributed by atoms with Crippen LogP contribution in [0.1, 0.15) is 76.1 Å². The molecule has 11 heteroatoms. The number of ether oxygens (including phenoxy) is 2. The van der Waals surface area contributed by atoms with Gasteiger partial charge in [0.1, 0.15) is 18.0 Å². The smallest absolute Gasteiger partial charge is 0.410 e. The van der Waals surface area contributed by atoms with E-state index in [1.54, 1.807) is 34.6 Å². The Morgan fingerprint density at radius 1 is 1.18 bits per heavy atom. The number of pyridine rings is 2. The molecule has 3 aliphatic rings. The third kappa shape index (κ3) is 5.01. The third-order valence-corrected chi connectivity index (χ3v) is 9.18. The molecule has 1 aromatic carbocycles. The van der Waals surface area contributed by atoms with Crippen LogP contribution in [0, 0.1) is 0 Å². The van der Waals surface area contributed by atoms with Gasteiger partial charge in [0.15, 0.2) is 5.60 Å². The van der Waals surface area contributed by atoms with Crippen molar-refractivity contribution in [1.29, 1.82) is 0 Å². The minimum absolute atomic E-state index is 0.0797. The number of hydrogen-bond donors (Lipinski definition) is 2. The number of phenols is 1. The zero-order chi connectivity index (χ0) is 31.6. The maximum atomic E-state index is 13.5. The minimum Gasteiger partial charge on any atom is -0.508 e. The number of carbonyl (C=O) groups excluding carboxylic acids is 2. The van der Waals surface area contributed by atoms with Gasteiger partial charge >= 0.3 is 12.1 Å². The second kappa shape index (κ2) is 10.9. The van der Waals surface area contributed by atoms with E-state index in [4.69, 9.17) is 14.5 Å². The van der Waals surface area contributed by atoms with Gasteiger partial charge in [-0.05, 0) is 70.8 Å². The van der Waals surface area contributed by atoms with Crippen LogP contribution in [0.2, 0.25) is 0 Å². The molecule has 0 radical (unpaired) electrons. The van der Waals surface area contributed by atoms with Crippen LogP contribution in [0.4, 0.5) is 4.79 Å². The average molecular weight is 605 g/mol. The lowest BCUT2D eigenvalue weighted by molar-refractivity contribution is -0.172. The van der Waals surface area contributed by atoms with E-state index in [1.807, 2.05) is 26.8 Å². The summed E-state index contributed by atoms with van der Waals surface area (Å²) in [4.78, 5) is 47.6. The summed E-state index contributed by atoms with van der Waals surface area (Å²) < 4.78 is 12.3. The number of phenolic OH excluding ortho intramolecular Hbond substituents is 1.